The molecule has 1 aromatic heterocycles. The van der Waals surface area contributed by atoms with Gasteiger partial charge in [0.15, 0.2) is 5.78 Å². The van der Waals surface area contributed by atoms with Gasteiger partial charge in [-0.1, -0.05) is 24.3 Å². The van der Waals surface area contributed by atoms with Crippen LogP contribution in [0.4, 0.5) is 14.5 Å². The van der Waals surface area contributed by atoms with E-state index in [0.717, 1.165) is 41.6 Å². The highest BCUT2D eigenvalue weighted by molar-refractivity contribution is 7.89. The summed E-state index contributed by atoms with van der Waals surface area (Å²) in [5, 5.41) is 10.1. The summed E-state index contributed by atoms with van der Waals surface area (Å²) in [6.45, 7) is 6.01. The molecular weight excluding hydrogens is 600 g/mol. The second-order valence-corrected chi connectivity index (χ2v) is 13.9. The third-order valence-electron chi connectivity index (χ3n) is 8.49. The highest BCUT2D eigenvalue weighted by atomic mass is 32.2. The number of carbonyl (C=O) groups is 2. The fourth-order valence-corrected chi connectivity index (χ4v) is 7.93. The number of rotatable bonds is 9. The standard InChI is InChI=1S/C33H33F2N5O4S/c1-33(2)31-27(20-40(33)45(43,44)25-16-23(34)15-24(35)17-25)29(37-38-31)18-30(41)26-10-3-4-11-28(26)36-32(42)22-9-7-8-21(14-22)19-39-12-5-6-13-39/h3-4,7-11,14-17H,5-6,12-13,18-20H2,1-2H3,(H,36,42)(H,37,38). The first-order chi connectivity index (χ1) is 21.4. The maximum absolute atomic E-state index is 13.9. The second-order valence-electron chi connectivity index (χ2n) is 12.0. The van der Waals surface area contributed by atoms with Crippen LogP contribution in [-0.2, 0) is 35.1 Å². The predicted molar refractivity (Wildman–Crippen MR) is 164 cm³/mol. The van der Waals surface area contributed by atoms with Crippen LogP contribution in [0.25, 0.3) is 0 Å². The van der Waals surface area contributed by atoms with Crippen LogP contribution in [0.1, 0.15) is 69.9 Å². The average molecular weight is 634 g/mol. The highest BCUT2D eigenvalue weighted by Crippen LogP contribution is 2.43. The summed E-state index contributed by atoms with van der Waals surface area (Å²) in [5.74, 6) is -2.66. The number of sulfonamides is 1. The summed E-state index contributed by atoms with van der Waals surface area (Å²) in [4.78, 5) is 28.7. The maximum Gasteiger partial charge on any atom is 0.255 e. The van der Waals surface area contributed by atoms with Crippen LogP contribution in [0.2, 0.25) is 0 Å². The van der Waals surface area contributed by atoms with Crippen molar-refractivity contribution in [3.05, 3.63) is 112 Å². The lowest BCUT2D eigenvalue weighted by molar-refractivity contribution is 0.0992. The van der Waals surface area contributed by atoms with Gasteiger partial charge in [-0.2, -0.15) is 9.40 Å². The summed E-state index contributed by atoms with van der Waals surface area (Å²) in [6.07, 6.45) is 2.22. The number of carbonyl (C=O) groups excluding carboxylic acids is 2. The van der Waals surface area contributed by atoms with Gasteiger partial charge in [-0.25, -0.2) is 17.2 Å². The predicted octanol–water partition coefficient (Wildman–Crippen LogP) is 5.40. The van der Waals surface area contributed by atoms with E-state index in [9.17, 15) is 26.8 Å². The molecule has 9 nitrogen and oxygen atoms in total. The molecule has 1 saturated heterocycles. The molecule has 1 fully saturated rings. The minimum absolute atomic E-state index is 0.140. The molecule has 0 unspecified atom stereocenters. The van der Waals surface area contributed by atoms with Gasteiger partial charge >= 0.3 is 0 Å². The van der Waals surface area contributed by atoms with Gasteiger partial charge in [0.1, 0.15) is 11.6 Å². The van der Waals surface area contributed by atoms with Crippen LogP contribution in [0, 0.1) is 11.6 Å². The number of Topliss-reactive ketones (excluding diaryl/α,β-unsaturated/α-hetero) is 1. The summed E-state index contributed by atoms with van der Waals surface area (Å²) in [7, 11) is -4.32. The molecule has 0 saturated carbocycles. The first-order valence-corrected chi connectivity index (χ1v) is 16.2. The number of nitrogens with one attached hydrogen (secondary N) is 2. The lowest BCUT2D eigenvalue weighted by Crippen LogP contribution is -2.40. The van der Waals surface area contributed by atoms with Gasteiger partial charge in [-0.3, -0.25) is 19.6 Å². The maximum atomic E-state index is 13.9. The van der Waals surface area contributed by atoms with E-state index in [2.05, 4.69) is 20.4 Å². The summed E-state index contributed by atoms with van der Waals surface area (Å²) >= 11 is 0. The number of likely N-dealkylation sites (tertiary alicyclic amines) is 1. The van der Waals surface area contributed by atoms with Crippen LogP contribution in [-0.4, -0.2) is 52.6 Å². The van der Waals surface area contributed by atoms with Gasteiger partial charge in [-0.15, -0.1) is 0 Å². The Kier molecular flexibility index (Phi) is 8.14. The lowest BCUT2D eigenvalue weighted by Gasteiger charge is -2.30. The number of anilines is 1. The van der Waals surface area contributed by atoms with E-state index in [1.54, 1.807) is 44.2 Å². The number of nitrogens with zero attached hydrogens (tertiary/aromatic N) is 3. The Balaban J connectivity index is 1.20. The lowest BCUT2D eigenvalue weighted by atomic mass is 9.98. The van der Waals surface area contributed by atoms with Crippen molar-refractivity contribution in [2.75, 3.05) is 18.4 Å². The quantitative estimate of drug-likeness (QED) is 0.239. The monoisotopic (exact) mass is 633 g/mol. The van der Waals surface area contributed by atoms with Crippen molar-refractivity contribution in [3.63, 3.8) is 0 Å². The topological polar surface area (TPSA) is 115 Å². The van der Waals surface area contributed by atoms with Crippen molar-refractivity contribution >= 4 is 27.4 Å². The molecule has 2 aliphatic heterocycles. The molecule has 0 aliphatic carbocycles. The van der Waals surface area contributed by atoms with E-state index in [1.807, 2.05) is 18.2 Å². The molecule has 0 radical (unpaired) electrons. The first-order valence-electron chi connectivity index (χ1n) is 14.7. The number of fused-ring (bicyclic) bond motifs is 1. The van der Waals surface area contributed by atoms with Crippen molar-refractivity contribution in [1.82, 2.24) is 19.4 Å². The van der Waals surface area contributed by atoms with Crippen molar-refractivity contribution in [1.29, 1.82) is 0 Å². The third kappa shape index (κ3) is 6.05. The summed E-state index contributed by atoms with van der Waals surface area (Å²) in [6, 6.07) is 16.3. The fourth-order valence-electron chi connectivity index (χ4n) is 6.17. The van der Waals surface area contributed by atoms with Crippen molar-refractivity contribution < 1.29 is 26.8 Å². The normalized spacial score (nSPS) is 16.5. The Morgan fingerprint density at radius 1 is 0.978 bits per heavy atom. The molecular formula is C33H33F2N5O4S. The van der Waals surface area contributed by atoms with Crippen molar-refractivity contribution in [2.45, 2.75) is 56.6 Å². The van der Waals surface area contributed by atoms with Gasteiger partial charge in [0, 0.05) is 41.5 Å². The number of aromatic nitrogens is 2. The Hall–Kier alpha value is -4.26. The minimum Gasteiger partial charge on any atom is -0.321 e. The van der Waals surface area contributed by atoms with Gasteiger partial charge in [0.05, 0.1) is 28.2 Å². The van der Waals surface area contributed by atoms with Crippen LogP contribution >= 0.6 is 0 Å². The number of para-hydroxylation sites is 1. The zero-order chi connectivity index (χ0) is 31.9. The molecule has 4 aromatic rings. The van der Waals surface area contributed by atoms with E-state index < -0.39 is 32.1 Å². The van der Waals surface area contributed by atoms with Crippen LogP contribution < -0.4 is 5.32 Å². The third-order valence-corrected chi connectivity index (χ3v) is 10.5. The van der Waals surface area contributed by atoms with Crippen LogP contribution in [0.15, 0.2) is 71.6 Å². The Morgan fingerprint density at radius 2 is 1.69 bits per heavy atom. The molecule has 0 atom stereocenters. The van der Waals surface area contributed by atoms with Crippen LogP contribution in [0.3, 0.4) is 0 Å². The molecule has 0 bridgehead atoms. The Labute approximate surface area is 260 Å². The van der Waals surface area contributed by atoms with E-state index in [-0.39, 0.29) is 24.7 Å². The number of hydrogen-bond acceptors (Lipinski definition) is 6. The number of aromatic amines is 1. The second kappa shape index (κ2) is 11.9. The largest absolute Gasteiger partial charge is 0.321 e. The average Bonchev–Trinajstić information content (AvgIpc) is 3.71. The molecule has 3 heterocycles. The minimum atomic E-state index is -4.32. The fraction of sp³-hybridized carbons (Fsp3) is 0.303. The number of halogens is 2. The summed E-state index contributed by atoms with van der Waals surface area (Å²) < 4.78 is 55.9. The molecule has 234 valence electrons. The van der Waals surface area contributed by atoms with Gasteiger partial charge in [0.25, 0.3) is 5.91 Å². The molecule has 6 rings (SSSR count). The molecule has 1 amide bonds. The zero-order valence-electron chi connectivity index (χ0n) is 24.9. The molecule has 12 heteroatoms. The molecule has 0 spiro atoms. The van der Waals surface area contributed by atoms with E-state index in [0.29, 0.717) is 39.8 Å². The van der Waals surface area contributed by atoms with Crippen LogP contribution in [0.5, 0.6) is 0 Å². The molecule has 2 aliphatic rings. The molecule has 2 N–H and O–H groups in total. The number of ketones is 1. The number of benzene rings is 3. The first kappa shape index (κ1) is 30.8. The Morgan fingerprint density at radius 3 is 2.42 bits per heavy atom. The van der Waals surface area contributed by atoms with E-state index in [1.165, 1.54) is 12.8 Å². The van der Waals surface area contributed by atoms with Gasteiger partial charge in [-0.05, 0) is 81.7 Å². The number of amides is 1. The zero-order valence-corrected chi connectivity index (χ0v) is 25.8. The SMILES string of the molecule is CC1(C)c2n[nH]c(CC(=O)c3ccccc3NC(=O)c3cccc(CN4CCCC4)c3)c2CN1S(=O)(=O)c1cc(F)cc(F)c1. The van der Waals surface area contributed by atoms with Crippen molar-refractivity contribution in [2.24, 2.45) is 0 Å². The van der Waals surface area contributed by atoms with E-state index >= 15 is 0 Å². The molecule has 3 aromatic carbocycles. The Bertz CT molecular complexity index is 1880. The van der Waals surface area contributed by atoms with Gasteiger partial charge in [0.2, 0.25) is 10.0 Å². The highest BCUT2D eigenvalue weighted by Gasteiger charge is 2.48. The van der Waals surface area contributed by atoms with E-state index in [4.69, 9.17) is 0 Å². The van der Waals surface area contributed by atoms with Crippen molar-refractivity contribution in [3.8, 4) is 0 Å². The smallest absolute Gasteiger partial charge is 0.255 e. The van der Waals surface area contributed by atoms with Gasteiger partial charge < -0.3 is 5.32 Å². The molecule has 45 heavy (non-hydrogen) atoms. The number of hydrogen-bond donors (Lipinski definition) is 2. The summed E-state index contributed by atoms with van der Waals surface area (Å²) in [5.41, 5.74) is 2.37. The number of H-pyrrole nitrogens is 1.